The molecule has 6 nitrogen and oxygen atoms in total. The molecule has 0 radical (unpaired) electrons. The van der Waals surface area contributed by atoms with Gasteiger partial charge in [-0.2, -0.15) is 0 Å². The van der Waals surface area contributed by atoms with Crippen LogP contribution in [0.1, 0.15) is 58.4 Å². The molecule has 1 saturated heterocycles. The summed E-state index contributed by atoms with van der Waals surface area (Å²) in [6.45, 7) is 12.3. The molecule has 1 amide bonds. The first-order chi connectivity index (χ1) is 16.3. The molecule has 34 heavy (non-hydrogen) atoms. The fourth-order valence-electron chi connectivity index (χ4n) is 4.35. The number of H-pyrrole nitrogens is 1. The van der Waals surface area contributed by atoms with Crippen LogP contribution in [0.2, 0.25) is 0 Å². The summed E-state index contributed by atoms with van der Waals surface area (Å²) in [7, 11) is 0. The molecule has 1 aliphatic rings. The third-order valence-electron chi connectivity index (χ3n) is 6.58. The first-order valence-corrected chi connectivity index (χ1v) is 13.8. The van der Waals surface area contributed by atoms with Crippen LogP contribution in [0.4, 0.5) is 0 Å². The van der Waals surface area contributed by atoms with Crippen molar-refractivity contribution in [2.45, 2.75) is 57.6 Å². The lowest BCUT2D eigenvalue weighted by molar-refractivity contribution is 0.0954. The van der Waals surface area contributed by atoms with Crippen molar-refractivity contribution in [2.75, 3.05) is 26.2 Å². The summed E-state index contributed by atoms with van der Waals surface area (Å²) in [5, 5.41) is 3.57. The number of thioether (sulfide) groups is 1. The van der Waals surface area contributed by atoms with Crippen molar-refractivity contribution in [2.24, 2.45) is 5.92 Å². The largest absolute Gasteiger partial charge is 0.351 e. The second kappa shape index (κ2) is 11.1. The van der Waals surface area contributed by atoms with Crippen molar-refractivity contribution < 1.29 is 4.79 Å². The average molecular weight is 499 g/mol. The quantitative estimate of drug-likeness (QED) is 0.336. The lowest BCUT2D eigenvalue weighted by Crippen LogP contribution is -2.35. The maximum atomic E-state index is 12.8. The number of aromatic nitrogens is 2. The van der Waals surface area contributed by atoms with E-state index in [1.54, 1.807) is 11.8 Å². The van der Waals surface area contributed by atoms with Crippen LogP contribution in [0.3, 0.4) is 0 Å². The van der Waals surface area contributed by atoms with Crippen LogP contribution in [0.5, 0.6) is 0 Å². The minimum atomic E-state index is -0.173. The van der Waals surface area contributed by atoms with Gasteiger partial charge in [-0.05, 0) is 82.8 Å². The molecule has 3 heterocycles. The predicted octanol–water partition coefficient (Wildman–Crippen LogP) is 5.05. The topological polar surface area (TPSA) is 78.1 Å². The van der Waals surface area contributed by atoms with Crippen molar-refractivity contribution in [1.82, 2.24) is 20.2 Å². The monoisotopic (exact) mass is 498 g/mol. The van der Waals surface area contributed by atoms with Crippen LogP contribution in [-0.4, -0.2) is 47.0 Å². The number of piperidine rings is 1. The number of hydrogen-bond donors (Lipinski definition) is 2. The van der Waals surface area contributed by atoms with Crippen LogP contribution in [0.25, 0.3) is 10.2 Å². The molecule has 3 aromatic rings. The maximum absolute atomic E-state index is 12.8. The minimum Gasteiger partial charge on any atom is -0.351 e. The normalized spacial score (nSPS) is 15.2. The third-order valence-corrected chi connectivity index (χ3v) is 8.93. The van der Waals surface area contributed by atoms with E-state index in [0.29, 0.717) is 38.8 Å². The van der Waals surface area contributed by atoms with Gasteiger partial charge in [-0.3, -0.25) is 9.59 Å². The van der Waals surface area contributed by atoms with Gasteiger partial charge in [0.05, 0.1) is 16.0 Å². The predicted molar refractivity (Wildman–Crippen MR) is 142 cm³/mol. The minimum absolute atomic E-state index is 0.113. The lowest BCUT2D eigenvalue weighted by atomic mass is 9.99. The number of likely N-dealkylation sites (tertiary alicyclic amines) is 1. The molecule has 1 fully saturated rings. The third kappa shape index (κ3) is 5.90. The van der Waals surface area contributed by atoms with Crippen molar-refractivity contribution in [3.63, 3.8) is 0 Å². The summed E-state index contributed by atoms with van der Waals surface area (Å²) in [6, 6.07) is 6.36. The Hall–Kier alpha value is -2.16. The summed E-state index contributed by atoms with van der Waals surface area (Å²) < 4.78 is 0. The van der Waals surface area contributed by atoms with Crippen molar-refractivity contribution in [1.29, 1.82) is 0 Å². The van der Waals surface area contributed by atoms with E-state index >= 15 is 0 Å². The molecule has 0 unspecified atom stereocenters. The molecule has 4 rings (SSSR count). The van der Waals surface area contributed by atoms with Gasteiger partial charge in [0.15, 0.2) is 0 Å². The molecule has 2 N–H and O–H groups in total. The lowest BCUT2D eigenvalue weighted by Gasteiger charge is -2.30. The number of benzene rings is 1. The van der Waals surface area contributed by atoms with E-state index in [1.165, 1.54) is 40.2 Å². The Bertz CT molecular complexity index is 1230. The first kappa shape index (κ1) is 24.9. The van der Waals surface area contributed by atoms with Crippen molar-refractivity contribution in [3.8, 4) is 0 Å². The maximum Gasteiger partial charge on any atom is 0.261 e. The standard InChI is InChI=1S/C26H34N4O2S2/c1-16-8-12-30(13-9-16)11-5-10-27-25(32)23-19(4)22-24(31)28-21(29-26(22)34-23)15-33-20-14-17(2)6-7-18(20)3/h6-7,14,16H,5,8-13,15H2,1-4H3,(H,27,32)(H,28,29,31). The van der Waals surface area contributed by atoms with Gasteiger partial charge in [-0.1, -0.05) is 24.6 Å². The number of nitrogens with zero attached hydrogens (tertiary/aromatic N) is 2. The highest BCUT2D eigenvalue weighted by molar-refractivity contribution is 7.98. The molecule has 0 atom stereocenters. The number of carbonyl (C=O) groups excluding carboxylic acids is 1. The molecule has 1 aromatic carbocycles. The molecule has 1 aliphatic heterocycles. The van der Waals surface area contributed by atoms with Crippen LogP contribution in [-0.2, 0) is 5.75 Å². The zero-order valence-corrected chi connectivity index (χ0v) is 22.1. The molecule has 8 heteroatoms. The summed E-state index contributed by atoms with van der Waals surface area (Å²) >= 11 is 2.97. The molecule has 0 aliphatic carbocycles. The number of aromatic amines is 1. The van der Waals surface area contributed by atoms with E-state index in [2.05, 4.69) is 59.2 Å². The molecule has 182 valence electrons. The number of carbonyl (C=O) groups is 1. The van der Waals surface area contributed by atoms with Gasteiger partial charge in [-0.15, -0.1) is 23.1 Å². The van der Waals surface area contributed by atoms with E-state index in [1.807, 2.05) is 6.92 Å². The molecular formula is C26H34N4O2S2. The Balaban J connectivity index is 1.39. The van der Waals surface area contributed by atoms with Crippen LogP contribution in [0, 0.1) is 26.7 Å². The van der Waals surface area contributed by atoms with E-state index in [9.17, 15) is 9.59 Å². The number of hydrogen-bond acceptors (Lipinski definition) is 6. The number of rotatable bonds is 8. The number of thiophene rings is 1. The Kier molecular flexibility index (Phi) is 8.11. The second-order valence-electron chi connectivity index (χ2n) is 9.44. The molecule has 0 spiro atoms. The first-order valence-electron chi connectivity index (χ1n) is 12.0. The highest BCUT2D eigenvalue weighted by Crippen LogP contribution is 2.29. The van der Waals surface area contributed by atoms with Crippen LogP contribution < -0.4 is 10.9 Å². The summed E-state index contributed by atoms with van der Waals surface area (Å²) in [5.41, 5.74) is 2.96. The van der Waals surface area contributed by atoms with Gasteiger partial charge in [-0.25, -0.2) is 4.98 Å². The Morgan fingerprint density at radius 1 is 1.26 bits per heavy atom. The van der Waals surface area contributed by atoms with E-state index < -0.39 is 0 Å². The van der Waals surface area contributed by atoms with Gasteiger partial charge in [0.1, 0.15) is 10.7 Å². The van der Waals surface area contributed by atoms with Crippen LogP contribution in [0.15, 0.2) is 27.9 Å². The summed E-state index contributed by atoms with van der Waals surface area (Å²) in [5.74, 6) is 1.92. The smallest absolute Gasteiger partial charge is 0.261 e. The SMILES string of the molecule is Cc1ccc(C)c(SCc2nc3sc(C(=O)NCCCN4CCC(C)CC4)c(C)c3c(=O)[nH]2)c1. The van der Waals surface area contributed by atoms with Gasteiger partial charge in [0.25, 0.3) is 11.5 Å². The highest BCUT2D eigenvalue weighted by atomic mass is 32.2. The Labute approximate surface area is 209 Å². The van der Waals surface area contributed by atoms with Gasteiger partial charge >= 0.3 is 0 Å². The van der Waals surface area contributed by atoms with Gasteiger partial charge < -0.3 is 15.2 Å². The average Bonchev–Trinajstić information content (AvgIpc) is 3.15. The molecular weight excluding hydrogens is 464 g/mol. The number of amides is 1. The van der Waals surface area contributed by atoms with E-state index in [0.717, 1.165) is 32.0 Å². The summed E-state index contributed by atoms with van der Waals surface area (Å²) in [4.78, 5) is 38.1. The molecule has 0 bridgehead atoms. The number of fused-ring (bicyclic) bond motifs is 1. The fourth-order valence-corrected chi connectivity index (χ4v) is 6.46. The van der Waals surface area contributed by atoms with Gasteiger partial charge in [0, 0.05) is 11.4 Å². The van der Waals surface area contributed by atoms with E-state index in [-0.39, 0.29) is 11.5 Å². The van der Waals surface area contributed by atoms with E-state index in [4.69, 9.17) is 0 Å². The molecule has 2 aromatic heterocycles. The van der Waals surface area contributed by atoms with Crippen molar-refractivity contribution in [3.05, 3.63) is 55.9 Å². The number of nitrogens with one attached hydrogen (secondary N) is 2. The Morgan fingerprint density at radius 3 is 2.79 bits per heavy atom. The van der Waals surface area contributed by atoms with Crippen molar-refractivity contribution >= 4 is 39.2 Å². The second-order valence-corrected chi connectivity index (χ2v) is 11.5. The van der Waals surface area contributed by atoms with Crippen LogP contribution >= 0.6 is 23.1 Å². The zero-order chi connectivity index (χ0) is 24.2. The Morgan fingerprint density at radius 2 is 2.03 bits per heavy atom. The highest BCUT2D eigenvalue weighted by Gasteiger charge is 2.20. The molecule has 0 saturated carbocycles. The fraction of sp³-hybridized carbons (Fsp3) is 0.500. The zero-order valence-electron chi connectivity index (χ0n) is 20.5. The summed E-state index contributed by atoms with van der Waals surface area (Å²) in [6.07, 6.45) is 3.46. The van der Waals surface area contributed by atoms with Gasteiger partial charge in [0.2, 0.25) is 0 Å². The number of aryl methyl sites for hydroxylation is 3.